The van der Waals surface area contributed by atoms with Gasteiger partial charge in [0.2, 0.25) is 0 Å². The molecule has 1 aromatic heterocycles. The largest absolute Gasteiger partial charge is 0.492 e. The fourth-order valence-electron chi connectivity index (χ4n) is 1.68. The molecule has 1 heterocycles. The van der Waals surface area contributed by atoms with Crippen molar-refractivity contribution in [3.05, 3.63) is 47.0 Å². The third-order valence-corrected chi connectivity index (χ3v) is 3.04. The van der Waals surface area contributed by atoms with Crippen LogP contribution < -0.4 is 10.5 Å². The molecular formula is C13H15ClN4O. The molecule has 100 valence electrons. The minimum Gasteiger partial charge on any atom is -0.492 e. The van der Waals surface area contributed by atoms with Crippen molar-refractivity contribution in [2.45, 2.75) is 6.42 Å². The Morgan fingerprint density at radius 2 is 2.32 bits per heavy atom. The molecule has 19 heavy (non-hydrogen) atoms. The molecular weight excluding hydrogens is 264 g/mol. The minimum absolute atomic E-state index is 0.0125. The van der Waals surface area contributed by atoms with Crippen molar-refractivity contribution in [2.24, 2.45) is 12.8 Å². The fraction of sp³-hybridized carbons (Fsp3) is 0.231. The summed E-state index contributed by atoms with van der Waals surface area (Å²) in [6, 6.07) is 5.06. The van der Waals surface area contributed by atoms with E-state index in [-0.39, 0.29) is 5.84 Å². The molecule has 2 aromatic rings. The smallest absolute Gasteiger partial charge is 0.137 e. The second kappa shape index (κ2) is 5.75. The molecule has 0 aliphatic heterocycles. The third kappa shape index (κ3) is 3.26. The first-order valence-corrected chi connectivity index (χ1v) is 6.18. The summed E-state index contributed by atoms with van der Waals surface area (Å²) in [6.07, 6.45) is 4.35. The number of amidine groups is 1. The van der Waals surface area contributed by atoms with Gasteiger partial charge in [-0.25, -0.2) is 4.98 Å². The molecule has 0 saturated heterocycles. The van der Waals surface area contributed by atoms with E-state index in [0.717, 1.165) is 5.82 Å². The first-order valence-electron chi connectivity index (χ1n) is 5.81. The van der Waals surface area contributed by atoms with E-state index in [2.05, 4.69) is 4.98 Å². The van der Waals surface area contributed by atoms with Gasteiger partial charge in [-0.3, -0.25) is 5.41 Å². The maximum Gasteiger partial charge on any atom is 0.137 e. The van der Waals surface area contributed by atoms with Crippen molar-refractivity contribution in [1.29, 1.82) is 5.41 Å². The highest BCUT2D eigenvalue weighted by atomic mass is 35.5. The number of hydrogen-bond donors (Lipinski definition) is 2. The van der Waals surface area contributed by atoms with Crippen LogP contribution in [0.2, 0.25) is 5.02 Å². The number of aromatic nitrogens is 2. The highest BCUT2D eigenvalue weighted by Crippen LogP contribution is 2.25. The number of nitrogens with two attached hydrogens (primary N) is 1. The van der Waals surface area contributed by atoms with E-state index >= 15 is 0 Å². The van der Waals surface area contributed by atoms with Crippen LogP contribution >= 0.6 is 11.6 Å². The van der Waals surface area contributed by atoms with E-state index in [1.165, 1.54) is 0 Å². The fourth-order valence-corrected chi connectivity index (χ4v) is 1.91. The summed E-state index contributed by atoms with van der Waals surface area (Å²) in [5, 5.41) is 7.78. The quantitative estimate of drug-likeness (QED) is 0.648. The molecule has 0 saturated carbocycles. The highest BCUT2D eigenvalue weighted by Gasteiger charge is 2.06. The molecule has 6 heteroatoms. The summed E-state index contributed by atoms with van der Waals surface area (Å²) in [5.41, 5.74) is 5.97. The number of hydrogen-bond acceptors (Lipinski definition) is 3. The van der Waals surface area contributed by atoms with Crippen LogP contribution in [0.4, 0.5) is 0 Å². The predicted molar refractivity (Wildman–Crippen MR) is 74.9 cm³/mol. The van der Waals surface area contributed by atoms with Crippen LogP contribution in [-0.4, -0.2) is 22.0 Å². The van der Waals surface area contributed by atoms with Crippen LogP contribution in [0.25, 0.3) is 0 Å². The van der Waals surface area contributed by atoms with Gasteiger partial charge >= 0.3 is 0 Å². The zero-order valence-electron chi connectivity index (χ0n) is 10.6. The van der Waals surface area contributed by atoms with Crippen molar-refractivity contribution < 1.29 is 4.74 Å². The number of benzene rings is 1. The van der Waals surface area contributed by atoms with Gasteiger partial charge in [0.25, 0.3) is 0 Å². The molecule has 0 radical (unpaired) electrons. The number of nitrogens with one attached hydrogen (secondary N) is 1. The first-order chi connectivity index (χ1) is 9.08. The number of imidazole rings is 1. The van der Waals surface area contributed by atoms with Crippen molar-refractivity contribution in [2.75, 3.05) is 6.61 Å². The molecule has 5 nitrogen and oxygen atoms in total. The molecule has 2 rings (SSSR count). The van der Waals surface area contributed by atoms with Crippen LogP contribution in [0.1, 0.15) is 11.4 Å². The lowest BCUT2D eigenvalue weighted by atomic mass is 10.2. The number of nitrogens with zero attached hydrogens (tertiary/aromatic N) is 2. The summed E-state index contributed by atoms with van der Waals surface area (Å²) in [5.74, 6) is 1.53. The van der Waals surface area contributed by atoms with E-state index < -0.39 is 0 Å². The van der Waals surface area contributed by atoms with Gasteiger partial charge in [0.1, 0.15) is 17.4 Å². The number of nitrogen functional groups attached to an aromatic ring is 1. The summed E-state index contributed by atoms with van der Waals surface area (Å²) in [6.45, 7) is 0.490. The van der Waals surface area contributed by atoms with Crippen molar-refractivity contribution >= 4 is 17.4 Å². The molecule has 0 atom stereocenters. The summed E-state index contributed by atoms with van der Waals surface area (Å²) in [7, 11) is 1.94. The lowest BCUT2D eigenvalue weighted by Crippen LogP contribution is -2.11. The standard InChI is InChI=1S/C13H15ClN4O/c1-18-6-5-17-12(18)4-7-19-11-3-2-9(13(15)16)8-10(11)14/h2-3,5-6,8H,4,7H2,1H3,(H3,15,16). The van der Waals surface area contributed by atoms with Gasteiger partial charge in [-0.05, 0) is 18.2 Å². The second-order valence-corrected chi connectivity index (χ2v) is 4.52. The molecule has 0 aliphatic carbocycles. The summed E-state index contributed by atoms with van der Waals surface area (Å²) < 4.78 is 7.55. The average molecular weight is 279 g/mol. The average Bonchev–Trinajstić information content (AvgIpc) is 2.77. The Morgan fingerprint density at radius 1 is 1.53 bits per heavy atom. The van der Waals surface area contributed by atoms with Crippen molar-refractivity contribution in [3.8, 4) is 5.75 Å². The monoisotopic (exact) mass is 278 g/mol. The molecule has 0 spiro atoms. The number of ether oxygens (including phenoxy) is 1. The second-order valence-electron chi connectivity index (χ2n) is 4.11. The van der Waals surface area contributed by atoms with Gasteiger partial charge in [-0.15, -0.1) is 0 Å². The normalized spacial score (nSPS) is 10.4. The maximum atomic E-state index is 7.33. The van der Waals surface area contributed by atoms with Gasteiger partial charge in [-0.1, -0.05) is 11.6 Å². The Kier molecular flexibility index (Phi) is 4.06. The van der Waals surface area contributed by atoms with E-state index in [4.69, 9.17) is 27.5 Å². The molecule has 0 unspecified atom stereocenters. The Balaban J connectivity index is 1.96. The lowest BCUT2D eigenvalue weighted by molar-refractivity contribution is 0.317. The zero-order valence-corrected chi connectivity index (χ0v) is 11.3. The molecule has 0 bridgehead atoms. The topological polar surface area (TPSA) is 76.9 Å². The number of aryl methyl sites for hydroxylation is 1. The Labute approximate surface area is 116 Å². The molecule has 0 amide bonds. The van der Waals surface area contributed by atoms with Gasteiger partial charge < -0.3 is 15.0 Å². The van der Waals surface area contributed by atoms with Crippen LogP contribution in [0.5, 0.6) is 5.75 Å². The molecule has 0 aliphatic rings. The number of rotatable bonds is 5. The molecule has 1 aromatic carbocycles. The van der Waals surface area contributed by atoms with Crippen molar-refractivity contribution in [3.63, 3.8) is 0 Å². The zero-order chi connectivity index (χ0) is 13.8. The maximum absolute atomic E-state index is 7.33. The molecule has 0 fully saturated rings. The van der Waals surface area contributed by atoms with Gasteiger partial charge in [-0.2, -0.15) is 0 Å². The van der Waals surface area contributed by atoms with Gasteiger partial charge in [0.05, 0.1) is 11.6 Å². The SMILES string of the molecule is Cn1ccnc1CCOc1ccc(C(=N)N)cc1Cl. The predicted octanol–water partition coefficient (Wildman–Crippen LogP) is 1.98. The third-order valence-electron chi connectivity index (χ3n) is 2.75. The Hall–Kier alpha value is -2.01. The van der Waals surface area contributed by atoms with Crippen LogP contribution in [0.3, 0.4) is 0 Å². The Bertz CT molecular complexity index is 594. The van der Waals surface area contributed by atoms with Gasteiger partial charge in [0.15, 0.2) is 0 Å². The van der Waals surface area contributed by atoms with Crippen molar-refractivity contribution in [1.82, 2.24) is 9.55 Å². The highest BCUT2D eigenvalue weighted by molar-refractivity contribution is 6.32. The molecule has 3 N–H and O–H groups in total. The van der Waals surface area contributed by atoms with E-state index in [0.29, 0.717) is 29.4 Å². The van der Waals surface area contributed by atoms with E-state index in [1.54, 1.807) is 24.4 Å². The van der Waals surface area contributed by atoms with E-state index in [9.17, 15) is 0 Å². The minimum atomic E-state index is -0.0125. The summed E-state index contributed by atoms with van der Waals surface area (Å²) >= 11 is 6.07. The van der Waals surface area contributed by atoms with Gasteiger partial charge in [0, 0.05) is 31.4 Å². The lowest BCUT2D eigenvalue weighted by Gasteiger charge is -2.09. The van der Waals surface area contributed by atoms with Crippen LogP contribution in [0.15, 0.2) is 30.6 Å². The van der Waals surface area contributed by atoms with E-state index in [1.807, 2.05) is 17.8 Å². The Morgan fingerprint density at radius 3 is 2.89 bits per heavy atom. The summed E-state index contributed by atoms with van der Waals surface area (Å²) in [4.78, 5) is 4.21. The van der Waals surface area contributed by atoms with Crippen LogP contribution in [-0.2, 0) is 13.5 Å². The number of halogens is 1. The first kappa shape index (κ1) is 13.4. The van der Waals surface area contributed by atoms with Crippen LogP contribution in [0, 0.1) is 5.41 Å².